The van der Waals surface area contributed by atoms with E-state index in [9.17, 15) is 15.0 Å². The van der Waals surface area contributed by atoms with Crippen molar-refractivity contribution < 1.29 is 15.0 Å². The zero-order valence-corrected chi connectivity index (χ0v) is 18.4. The lowest BCUT2D eigenvalue weighted by atomic mass is 10.0. The largest absolute Gasteiger partial charge is 0.508 e. The number of nitrogens with zero attached hydrogens (tertiary/aromatic N) is 2. The average Bonchev–Trinajstić information content (AvgIpc) is 3.11. The number of anilines is 2. The van der Waals surface area contributed by atoms with E-state index >= 15 is 0 Å². The molecule has 1 aromatic carbocycles. The number of aromatic nitrogens is 1. The average molecular weight is 441 g/mol. The molecule has 164 valence electrons. The highest BCUT2D eigenvalue weighted by atomic mass is 32.1. The minimum atomic E-state index is -0.999. The Morgan fingerprint density at radius 1 is 1.29 bits per heavy atom. The molecule has 0 unspecified atom stereocenters. The summed E-state index contributed by atoms with van der Waals surface area (Å²) < 4.78 is 0. The van der Waals surface area contributed by atoms with E-state index in [2.05, 4.69) is 23.2 Å². The summed E-state index contributed by atoms with van der Waals surface area (Å²) in [6.07, 6.45) is 3.74. The van der Waals surface area contributed by atoms with E-state index in [1.807, 2.05) is 18.2 Å². The minimum Gasteiger partial charge on any atom is -0.508 e. The predicted molar refractivity (Wildman–Crippen MR) is 125 cm³/mol. The Bertz CT molecular complexity index is 1090. The summed E-state index contributed by atoms with van der Waals surface area (Å²) in [7, 11) is 0. The van der Waals surface area contributed by atoms with Gasteiger partial charge in [0.2, 0.25) is 0 Å². The molecule has 0 atom stereocenters. The lowest BCUT2D eigenvalue weighted by Crippen LogP contribution is -2.42. The number of hydrogen-bond acceptors (Lipinski definition) is 7. The Labute approximate surface area is 185 Å². The maximum absolute atomic E-state index is 11.5. The molecule has 1 aliphatic heterocycles. The number of pyridine rings is 1. The van der Waals surface area contributed by atoms with E-state index in [4.69, 9.17) is 10.7 Å². The lowest BCUT2D eigenvalue weighted by Gasteiger charge is -2.33. The van der Waals surface area contributed by atoms with Crippen molar-refractivity contribution in [2.24, 2.45) is 0 Å². The molecule has 1 aliphatic rings. The fraction of sp³-hybridized carbons (Fsp3) is 0.391. The first-order valence-electron chi connectivity index (χ1n) is 10.7. The van der Waals surface area contributed by atoms with Crippen LogP contribution >= 0.6 is 11.3 Å². The van der Waals surface area contributed by atoms with Gasteiger partial charge in [0.25, 0.3) is 0 Å². The maximum Gasteiger partial charge on any atom is 0.348 e. The molecule has 0 saturated carbocycles. The Kier molecular flexibility index (Phi) is 6.29. The van der Waals surface area contributed by atoms with Crippen LogP contribution in [0.2, 0.25) is 0 Å². The van der Waals surface area contributed by atoms with Crippen molar-refractivity contribution >= 4 is 39.0 Å². The highest BCUT2D eigenvalue weighted by molar-refractivity contribution is 7.21. The molecule has 5 N–H and O–H groups in total. The van der Waals surface area contributed by atoms with Gasteiger partial charge >= 0.3 is 5.97 Å². The molecule has 31 heavy (non-hydrogen) atoms. The number of carbonyl (C=O) groups is 1. The second-order valence-electron chi connectivity index (χ2n) is 7.99. The molecule has 0 radical (unpaired) electrons. The molecule has 7 nitrogen and oxygen atoms in total. The van der Waals surface area contributed by atoms with Crippen molar-refractivity contribution in [2.45, 2.75) is 45.2 Å². The van der Waals surface area contributed by atoms with Crippen LogP contribution in [-0.4, -0.2) is 40.3 Å². The zero-order chi connectivity index (χ0) is 22.0. The Morgan fingerprint density at radius 2 is 2.03 bits per heavy atom. The van der Waals surface area contributed by atoms with Crippen LogP contribution in [0, 0.1) is 0 Å². The molecule has 3 heterocycles. The molecule has 0 amide bonds. The van der Waals surface area contributed by atoms with Gasteiger partial charge in [-0.25, -0.2) is 9.78 Å². The number of phenolic OH excluding ortho intramolecular Hbond substituents is 1. The summed E-state index contributed by atoms with van der Waals surface area (Å²) in [5, 5.41) is 23.7. The fourth-order valence-corrected chi connectivity index (χ4v) is 5.17. The van der Waals surface area contributed by atoms with Crippen LogP contribution in [0.5, 0.6) is 5.75 Å². The molecule has 0 bridgehead atoms. The molecule has 0 aliphatic carbocycles. The van der Waals surface area contributed by atoms with Crippen molar-refractivity contribution in [3.8, 4) is 5.75 Å². The number of phenols is 1. The molecular weight excluding hydrogens is 412 g/mol. The van der Waals surface area contributed by atoms with Crippen molar-refractivity contribution in [1.82, 2.24) is 10.3 Å². The number of rotatable bonds is 7. The third-order valence-electron chi connectivity index (χ3n) is 5.87. The van der Waals surface area contributed by atoms with Gasteiger partial charge in [-0.05, 0) is 37.0 Å². The van der Waals surface area contributed by atoms with Crippen LogP contribution in [0.3, 0.4) is 0 Å². The van der Waals surface area contributed by atoms with Crippen molar-refractivity contribution in [2.75, 3.05) is 23.7 Å². The van der Waals surface area contributed by atoms with E-state index < -0.39 is 5.97 Å². The van der Waals surface area contributed by atoms with Gasteiger partial charge in [0, 0.05) is 36.6 Å². The zero-order valence-electron chi connectivity index (χ0n) is 17.6. The van der Waals surface area contributed by atoms with Crippen LogP contribution in [0.25, 0.3) is 10.2 Å². The van der Waals surface area contributed by atoms with Crippen molar-refractivity contribution in [1.29, 1.82) is 0 Å². The number of nitrogens with one attached hydrogen (secondary N) is 1. The highest BCUT2D eigenvalue weighted by Gasteiger charge is 2.24. The second-order valence-corrected chi connectivity index (χ2v) is 8.99. The number of piperidine rings is 1. The van der Waals surface area contributed by atoms with E-state index in [-0.39, 0.29) is 4.88 Å². The molecular formula is C23H28N4O3S. The standard InChI is InChI=1S/C23H28N4O3S/c1-2-5-14-12-18(26-22-19(14)20(24)21(31-22)23(29)30)27-10-8-16(9-11-27)25-13-15-6-3-4-7-17(15)28/h3-4,6-7,12,16,25,28H,2,5,8-11,13,24H2,1H3,(H,29,30). The van der Waals surface area contributed by atoms with Crippen molar-refractivity contribution in [3.63, 3.8) is 0 Å². The van der Waals surface area contributed by atoms with Gasteiger partial charge in [0.15, 0.2) is 0 Å². The van der Waals surface area contributed by atoms with Crippen LogP contribution < -0.4 is 16.0 Å². The first kappa shape index (κ1) is 21.4. The third-order valence-corrected chi connectivity index (χ3v) is 6.96. The van der Waals surface area contributed by atoms with Gasteiger partial charge in [-0.2, -0.15) is 0 Å². The van der Waals surface area contributed by atoms with Gasteiger partial charge in [-0.1, -0.05) is 31.5 Å². The Hall–Kier alpha value is -2.84. The SMILES string of the molecule is CCCc1cc(N2CCC(NCc3ccccc3O)CC2)nc2sc(C(=O)O)c(N)c12. The van der Waals surface area contributed by atoms with Crippen LogP contribution in [0.1, 0.15) is 47.0 Å². The topological polar surface area (TPSA) is 112 Å². The van der Waals surface area contributed by atoms with Crippen LogP contribution in [0.4, 0.5) is 11.5 Å². The summed E-state index contributed by atoms with van der Waals surface area (Å²) in [5.41, 5.74) is 8.48. The number of nitrogens with two attached hydrogens (primary N) is 1. The number of aromatic hydroxyl groups is 1. The molecule has 4 rings (SSSR count). The Morgan fingerprint density at radius 3 is 2.71 bits per heavy atom. The number of fused-ring (bicyclic) bond motifs is 1. The maximum atomic E-state index is 11.5. The van der Waals surface area contributed by atoms with Gasteiger partial charge < -0.3 is 26.2 Å². The smallest absolute Gasteiger partial charge is 0.348 e. The number of thiophene rings is 1. The quantitative estimate of drug-likeness (QED) is 0.439. The number of aryl methyl sites for hydroxylation is 1. The number of carboxylic acid groups (broad SMARTS) is 1. The van der Waals surface area contributed by atoms with E-state index in [1.54, 1.807) is 6.07 Å². The normalized spacial score (nSPS) is 14.9. The fourth-order valence-electron chi connectivity index (χ4n) is 4.20. The van der Waals surface area contributed by atoms with Gasteiger partial charge in [-0.15, -0.1) is 11.3 Å². The number of para-hydroxylation sites is 1. The third kappa shape index (κ3) is 4.45. The van der Waals surface area contributed by atoms with E-state index in [0.29, 0.717) is 28.9 Å². The van der Waals surface area contributed by atoms with Gasteiger partial charge in [-0.3, -0.25) is 0 Å². The lowest BCUT2D eigenvalue weighted by molar-refractivity contribution is 0.0703. The van der Waals surface area contributed by atoms with E-state index in [1.165, 1.54) is 0 Å². The molecule has 8 heteroatoms. The summed E-state index contributed by atoms with van der Waals surface area (Å²) in [5.74, 6) is 0.221. The number of nitrogen functional groups attached to an aromatic ring is 1. The van der Waals surface area contributed by atoms with Gasteiger partial charge in [0.1, 0.15) is 21.3 Å². The molecule has 0 spiro atoms. The summed E-state index contributed by atoms with van der Waals surface area (Å²) >= 11 is 1.16. The second kappa shape index (κ2) is 9.11. The molecule has 1 fully saturated rings. The summed E-state index contributed by atoms with van der Waals surface area (Å²) in [4.78, 5) is 19.5. The molecule has 2 aromatic heterocycles. The first-order valence-corrected chi connectivity index (χ1v) is 11.5. The van der Waals surface area contributed by atoms with Crippen LogP contribution in [0.15, 0.2) is 30.3 Å². The van der Waals surface area contributed by atoms with Crippen molar-refractivity contribution in [3.05, 3.63) is 46.3 Å². The number of benzene rings is 1. The summed E-state index contributed by atoms with van der Waals surface area (Å²) in [6, 6.07) is 9.87. The monoisotopic (exact) mass is 440 g/mol. The highest BCUT2D eigenvalue weighted by Crippen LogP contribution is 2.37. The number of hydrogen-bond donors (Lipinski definition) is 4. The number of carboxylic acids is 1. The molecule has 3 aromatic rings. The predicted octanol–water partition coefficient (Wildman–Crippen LogP) is 3.99. The molecule has 1 saturated heterocycles. The number of aromatic carboxylic acids is 1. The van der Waals surface area contributed by atoms with Gasteiger partial charge in [0.05, 0.1) is 5.69 Å². The first-order chi connectivity index (χ1) is 15.0. The summed E-state index contributed by atoms with van der Waals surface area (Å²) in [6.45, 7) is 4.49. The minimum absolute atomic E-state index is 0.170. The van der Waals surface area contributed by atoms with Crippen LogP contribution in [-0.2, 0) is 13.0 Å². The Balaban J connectivity index is 1.48. The van der Waals surface area contributed by atoms with E-state index in [0.717, 1.165) is 72.4 Å².